The summed E-state index contributed by atoms with van der Waals surface area (Å²) in [5.74, 6) is 0.816. The van der Waals surface area contributed by atoms with Crippen molar-refractivity contribution < 1.29 is 18.6 Å². The zero-order chi connectivity index (χ0) is 26.3. The number of aromatic nitrogens is 4. The van der Waals surface area contributed by atoms with Gasteiger partial charge >= 0.3 is 7.52 Å². The fourth-order valence-corrected chi connectivity index (χ4v) is 5.70. The van der Waals surface area contributed by atoms with Gasteiger partial charge in [-0.25, -0.2) is 20.0 Å². The number of nitrogens with two attached hydrogens (primary N) is 1. The molecule has 0 aliphatic rings. The highest BCUT2D eigenvalue weighted by molar-refractivity contribution is 7.57. The molecule has 3 atom stereocenters. The lowest BCUT2D eigenvalue weighted by molar-refractivity contribution is 0.0800. The second-order valence-electron chi connectivity index (χ2n) is 9.05. The zero-order valence-corrected chi connectivity index (χ0v) is 22.2. The molecule has 2 unspecified atom stereocenters. The van der Waals surface area contributed by atoms with Gasteiger partial charge in [-0.15, -0.1) is 0 Å². The van der Waals surface area contributed by atoms with Crippen molar-refractivity contribution in [1.29, 1.82) is 0 Å². The maximum absolute atomic E-state index is 13.9. The van der Waals surface area contributed by atoms with Crippen LogP contribution in [0.3, 0.4) is 0 Å². The van der Waals surface area contributed by atoms with E-state index in [9.17, 15) is 4.57 Å². The zero-order valence-electron chi connectivity index (χ0n) is 21.3. The first-order valence-electron chi connectivity index (χ1n) is 12.1. The molecule has 2 heterocycles. The highest BCUT2D eigenvalue weighted by Crippen LogP contribution is 2.44. The minimum Gasteiger partial charge on any atom is -0.431 e. The number of ether oxygens (including phenoxy) is 2. The number of hydrogen-bond donors (Lipinski definition) is 2. The van der Waals surface area contributed by atoms with Crippen LogP contribution in [-0.2, 0) is 27.2 Å². The Morgan fingerprint density at radius 3 is 2.68 bits per heavy atom. The van der Waals surface area contributed by atoms with Crippen LogP contribution in [0.2, 0.25) is 0 Å². The highest BCUT2D eigenvalue weighted by Gasteiger charge is 2.29. The van der Waals surface area contributed by atoms with Crippen molar-refractivity contribution in [3.63, 3.8) is 0 Å². The van der Waals surface area contributed by atoms with Gasteiger partial charge in [0, 0.05) is 6.04 Å². The summed E-state index contributed by atoms with van der Waals surface area (Å²) in [6.45, 7) is 7.10. The molecule has 37 heavy (non-hydrogen) atoms. The molecule has 0 bridgehead atoms. The minimum absolute atomic E-state index is 0.130. The summed E-state index contributed by atoms with van der Waals surface area (Å²) in [5.41, 5.74) is 9.30. The quantitative estimate of drug-likeness (QED) is 0.242. The topological polar surface area (TPSA) is 126 Å². The first kappa shape index (κ1) is 26.8. The van der Waals surface area contributed by atoms with Crippen LogP contribution in [0, 0.1) is 6.92 Å². The predicted octanol–water partition coefficient (Wildman–Crippen LogP) is 4.55. The van der Waals surface area contributed by atoms with Crippen molar-refractivity contribution in [2.45, 2.75) is 46.1 Å². The molecule has 4 rings (SSSR count). The molecule has 0 radical (unpaired) electrons. The Hall–Kier alpha value is -3.30. The number of hydrogen-bond acceptors (Lipinski definition) is 8. The Morgan fingerprint density at radius 1 is 1.08 bits per heavy atom. The molecule has 0 aliphatic heterocycles. The lowest BCUT2D eigenvalue weighted by atomic mass is 10.1. The molecule has 0 aliphatic carbocycles. The van der Waals surface area contributed by atoms with Crippen LogP contribution in [0.1, 0.15) is 25.0 Å². The van der Waals surface area contributed by atoms with Gasteiger partial charge in [0.05, 0.1) is 32.2 Å². The van der Waals surface area contributed by atoms with Crippen LogP contribution in [-0.4, -0.2) is 44.6 Å². The number of rotatable bonds is 13. The van der Waals surface area contributed by atoms with Gasteiger partial charge in [0.2, 0.25) is 0 Å². The average molecular weight is 525 g/mol. The van der Waals surface area contributed by atoms with Gasteiger partial charge in [-0.3, -0.25) is 4.57 Å². The second kappa shape index (κ2) is 12.3. The SMILES string of the molecule is Cc1cccc(COCC(C)NP(=O)(CO[C@H](C)Cn2cnc3c(N)ncnc32)Oc2ccccc2)c1. The Balaban J connectivity index is 1.37. The van der Waals surface area contributed by atoms with Crippen LogP contribution in [0.15, 0.2) is 67.3 Å². The van der Waals surface area contributed by atoms with Crippen molar-refractivity contribution in [3.8, 4) is 5.75 Å². The normalized spacial score (nSPS) is 14.8. The maximum Gasteiger partial charge on any atom is 0.342 e. The molecule has 4 aromatic rings. The second-order valence-corrected chi connectivity index (χ2v) is 11.1. The number of nitrogens with one attached hydrogen (secondary N) is 1. The average Bonchev–Trinajstić information content (AvgIpc) is 3.27. The lowest BCUT2D eigenvalue weighted by Gasteiger charge is -2.25. The Kier molecular flexibility index (Phi) is 8.89. The molecule has 2 aromatic carbocycles. The Morgan fingerprint density at radius 2 is 1.89 bits per heavy atom. The number of aryl methyl sites for hydroxylation is 1. The van der Waals surface area contributed by atoms with Crippen molar-refractivity contribution in [1.82, 2.24) is 24.6 Å². The summed E-state index contributed by atoms with van der Waals surface area (Å²) < 4.78 is 33.5. The van der Waals surface area contributed by atoms with E-state index in [4.69, 9.17) is 19.7 Å². The summed E-state index contributed by atoms with van der Waals surface area (Å²) in [6.07, 6.45) is 2.60. The third kappa shape index (κ3) is 7.60. The number of fused-ring (bicyclic) bond motifs is 1. The summed E-state index contributed by atoms with van der Waals surface area (Å²) in [6, 6.07) is 17.0. The molecule has 10 nitrogen and oxygen atoms in total. The maximum atomic E-state index is 13.9. The van der Waals surface area contributed by atoms with E-state index in [1.54, 1.807) is 18.5 Å². The van der Waals surface area contributed by atoms with E-state index in [2.05, 4.69) is 26.1 Å². The summed E-state index contributed by atoms with van der Waals surface area (Å²) in [5, 5.41) is 3.12. The van der Waals surface area contributed by atoms with Crippen LogP contribution >= 0.6 is 7.52 Å². The van der Waals surface area contributed by atoms with Crippen molar-refractivity contribution >= 4 is 24.5 Å². The summed E-state index contributed by atoms with van der Waals surface area (Å²) in [7, 11) is -3.44. The molecule has 0 spiro atoms. The number of anilines is 1. The predicted molar refractivity (Wildman–Crippen MR) is 143 cm³/mol. The van der Waals surface area contributed by atoms with Gasteiger partial charge in [0.25, 0.3) is 0 Å². The van der Waals surface area contributed by atoms with Crippen LogP contribution in [0.5, 0.6) is 5.75 Å². The third-order valence-corrected chi connectivity index (χ3v) is 7.37. The van der Waals surface area contributed by atoms with E-state index < -0.39 is 7.52 Å². The van der Waals surface area contributed by atoms with Gasteiger partial charge in [0.1, 0.15) is 23.9 Å². The molecule has 0 saturated heterocycles. The fourth-order valence-electron chi connectivity index (χ4n) is 3.86. The number of imidazole rings is 1. The van der Waals surface area contributed by atoms with E-state index >= 15 is 0 Å². The standard InChI is InChI=1S/C26H33N6O4P/c1-19-8-7-9-22(12-19)15-34-14-20(2)31-37(33,36-23-10-5-4-6-11-23)18-35-21(3)13-32-17-30-24-25(27)28-16-29-26(24)32/h4-12,16-17,20-21H,13-15,18H2,1-3H3,(H,31,33)(H2,27,28,29)/t20?,21-,37?/m1/s1. The van der Waals surface area contributed by atoms with Gasteiger partial charge in [0.15, 0.2) is 11.5 Å². The number of nitrogens with zero attached hydrogens (tertiary/aromatic N) is 4. The fraction of sp³-hybridized carbons (Fsp3) is 0.346. The number of benzene rings is 2. The highest BCUT2D eigenvalue weighted by atomic mass is 31.2. The van der Waals surface area contributed by atoms with Gasteiger partial charge < -0.3 is 24.3 Å². The largest absolute Gasteiger partial charge is 0.431 e. The van der Waals surface area contributed by atoms with Gasteiger partial charge in [-0.1, -0.05) is 48.0 Å². The van der Waals surface area contributed by atoms with Crippen molar-refractivity contribution in [2.24, 2.45) is 0 Å². The Bertz CT molecular complexity index is 1350. The molecule has 3 N–H and O–H groups in total. The van der Waals surface area contributed by atoms with Gasteiger partial charge in [-0.05, 0) is 38.5 Å². The summed E-state index contributed by atoms with van der Waals surface area (Å²) in [4.78, 5) is 12.5. The third-order valence-electron chi connectivity index (χ3n) is 5.54. The molecule has 11 heteroatoms. The smallest absolute Gasteiger partial charge is 0.342 e. The van der Waals surface area contributed by atoms with Gasteiger partial charge in [-0.2, -0.15) is 0 Å². The van der Waals surface area contributed by atoms with E-state index in [0.29, 0.717) is 42.5 Å². The molecule has 2 aromatic heterocycles. The lowest BCUT2D eigenvalue weighted by Crippen LogP contribution is -2.32. The molecular formula is C26H33N6O4P. The molecule has 0 fully saturated rings. The first-order chi connectivity index (χ1) is 17.8. The molecular weight excluding hydrogens is 491 g/mol. The van der Waals surface area contributed by atoms with Crippen molar-refractivity contribution in [2.75, 3.05) is 18.7 Å². The molecule has 196 valence electrons. The van der Waals surface area contributed by atoms with Crippen LogP contribution < -0.4 is 15.3 Å². The Labute approximate surface area is 216 Å². The number of nitrogen functional groups attached to an aromatic ring is 1. The van der Waals surface area contributed by atoms with Crippen LogP contribution in [0.4, 0.5) is 5.82 Å². The van der Waals surface area contributed by atoms with E-state index in [1.807, 2.05) is 61.7 Å². The first-order valence-corrected chi connectivity index (χ1v) is 13.9. The van der Waals surface area contributed by atoms with E-state index in [0.717, 1.165) is 5.56 Å². The monoisotopic (exact) mass is 524 g/mol. The van der Waals surface area contributed by atoms with E-state index in [1.165, 1.54) is 11.9 Å². The summed E-state index contributed by atoms with van der Waals surface area (Å²) >= 11 is 0. The number of para-hydroxylation sites is 1. The van der Waals surface area contributed by atoms with E-state index in [-0.39, 0.29) is 18.5 Å². The molecule has 0 amide bonds. The molecule has 0 saturated carbocycles. The minimum atomic E-state index is -3.44. The van der Waals surface area contributed by atoms with Crippen molar-refractivity contribution in [3.05, 3.63) is 78.4 Å². The van der Waals surface area contributed by atoms with Crippen LogP contribution in [0.25, 0.3) is 11.2 Å².